The van der Waals surface area contributed by atoms with Crippen LogP contribution >= 0.6 is 23.4 Å². The number of halogens is 1. The fourth-order valence-corrected chi connectivity index (χ4v) is 3.41. The summed E-state index contributed by atoms with van der Waals surface area (Å²) in [5, 5.41) is 0.934. The second kappa shape index (κ2) is 5.24. The van der Waals surface area contributed by atoms with Crippen LogP contribution in [0.15, 0.2) is 17.0 Å². The second-order valence-corrected chi connectivity index (χ2v) is 5.42. The van der Waals surface area contributed by atoms with Gasteiger partial charge >= 0.3 is 0 Å². The SMILES string of the molecule is NCCCc1cc(Cl)c2c(c1)CCCS2. The Bertz CT molecular complexity index is 352. The van der Waals surface area contributed by atoms with Gasteiger partial charge in [0.25, 0.3) is 0 Å². The molecule has 1 aliphatic rings. The molecule has 15 heavy (non-hydrogen) atoms. The van der Waals surface area contributed by atoms with E-state index >= 15 is 0 Å². The molecule has 0 bridgehead atoms. The first kappa shape index (κ1) is 11.3. The molecular weight excluding hydrogens is 226 g/mol. The predicted octanol–water partition coefficient (Wildman–Crippen LogP) is 3.27. The summed E-state index contributed by atoms with van der Waals surface area (Å²) in [5.74, 6) is 1.20. The zero-order chi connectivity index (χ0) is 10.7. The normalized spacial score (nSPS) is 15.1. The summed E-state index contributed by atoms with van der Waals surface area (Å²) in [5.41, 5.74) is 8.29. The first-order valence-electron chi connectivity index (χ1n) is 5.45. The molecule has 2 N–H and O–H groups in total. The van der Waals surface area contributed by atoms with Crippen molar-refractivity contribution in [2.45, 2.75) is 30.6 Å². The Kier molecular flexibility index (Phi) is 3.95. The zero-order valence-electron chi connectivity index (χ0n) is 8.76. The number of hydrogen-bond donors (Lipinski definition) is 1. The lowest BCUT2D eigenvalue weighted by Gasteiger charge is -2.17. The fourth-order valence-electron chi connectivity index (χ4n) is 1.95. The Hall–Kier alpha value is -0.180. The molecule has 0 radical (unpaired) electrons. The van der Waals surface area contributed by atoms with Crippen molar-refractivity contribution in [3.05, 3.63) is 28.3 Å². The first-order chi connectivity index (χ1) is 7.31. The lowest BCUT2D eigenvalue weighted by molar-refractivity contribution is 0.823. The highest BCUT2D eigenvalue weighted by atomic mass is 35.5. The van der Waals surface area contributed by atoms with Crippen molar-refractivity contribution in [2.24, 2.45) is 5.73 Å². The van der Waals surface area contributed by atoms with E-state index in [-0.39, 0.29) is 0 Å². The standard InChI is InChI=1S/C12H16ClNS/c13-11-8-9(3-1-5-14)7-10-4-2-6-15-12(10)11/h7-8H,1-6,14H2. The molecule has 1 aliphatic heterocycles. The molecule has 0 aliphatic carbocycles. The highest BCUT2D eigenvalue weighted by Gasteiger charge is 2.14. The maximum absolute atomic E-state index is 6.27. The first-order valence-corrected chi connectivity index (χ1v) is 6.82. The van der Waals surface area contributed by atoms with Gasteiger partial charge in [-0.05, 0) is 55.2 Å². The number of aryl methyl sites for hydroxylation is 2. The van der Waals surface area contributed by atoms with Gasteiger partial charge in [-0.15, -0.1) is 11.8 Å². The van der Waals surface area contributed by atoms with Crippen LogP contribution in [0.1, 0.15) is 24.0 Å². The van der Waals surface area contributed by atoms with Gasteiger partial charge in [-0.2, -0.15) is 0 Å². The van der Waals surface area contributed by atoms with E-state index in [9.17, 15) is 0 Å². The zero-order valence-corrected chi connectivity index (χ0v) is 10.3. The number of benzene rings is 1. The van der Waals surface area contributed by atoms with E-state index in [2.05, 4.69) is 12.1 Å². The third kappa shape index (κ3) is 2.68. The van der Waals surface area contributed by atoms with Crippen LogP contribution in [0, 0.1) is 0 Å². The average Bonchev–Trinajstić information content (AvgIpc) is 2.26. The Morgan fingerprint density at radius 1 is 1.40 bits per heavy atom. The molecule has 0 saturated heterocycles. The van der Waals surface area contributed by atoms with Crippen molar-refractivity contribution in [3.63, 3.8) is 0 Å². The summed E-state index contributed by atoms with van der Waals surface area (Å²) >= 11 is 8.17. The van der Waals surface area contributed by atoms with Crippen molar-refractivity contribution in [3.8, 4) is 0 Å². The van der Waals surface area contributed by atoms with Crippen LogP contribution in [0.5, 0.6) is 0 Å². The van der Waals surface area contributed by atoms with Crippen molar-refractivity contribution in [1.29, 1.82) is 0 Å². The minimum Gasteiger partial charge on any atom is -0.330 e. The molecule has 1 heterocycles. The number of hydrogen-bond acceptors (Lipinski definition) is 2. The van der Waals surface area contributed by atoms with Gasteiger partial charge in [-0.3, -0.25) is 0 Å². The van der Waals surface area contributed by atoms with Gasteiger partial charge in [0.1, 0.15) is 0 Å². The molecule has 0 unspecified atom stereocenters. The monoisotopic (exact) mass is 241 g/mol. The largest absolute Gasteiger partial charge is 0.330 e. The molecule has 0 aromatic heterocycles. The lowest BCUT2D eigenvalue weighted by atomic mass is 10.0. The smallest absolute Gasteiger partial charge is 0.0547 e. The summed E-state index contributed by atoms with van der Waals surface area (Å²) in [6.07, 6.45) is 4.54. The van der Waals surface area contributed by atoms with Crippen LogP contribution in [0.3, 0.4) is 0 Å². The van der Waals surface area contributed by atoms with E-state index in [1.165, 1.54) is 34.6 Å². The van der Waals surface area contributed by atoms with Crippen molar-refractivity contribution in [2.75, 3.05) is 12.3 Å². The van der Waals surface area contributed by atoms with Crippen LogP contribution in [-0.4, -0.2) is 12.3 Å². The van der Waals surface area contributed by atoms with Crippen LogP contribution in [0.2, 0.25) is 5.02 Å². The van der Waals surface area contributed by atoms with E-state index in [1.807, 2.05) is 11.8 Å². The number of fused-ring (bicyclic) bond motifs is 1. The maximum Gasteiger partial charge on any atom is 0.0547 e. The van der Waals surface area contributed by atoms with Crippen LogP contribution < -0.4 is 5.73 Å². The van der Waals surface area contributed by atoms with E-state index in [0.717, 1.165) is 24.4 Å². The van der Waals surface area contributed by atoms with E-state index < -0.39 is 0 Å². The van der Waals surface area contributed by atoms with Crippen molar-refractivity contribution < 1.29 is 0 Å². The van der Waals surface area contributed by atoms with Crippen LogP contribution in [-0.2, 0) is 12.8 Å². The molecular formula is C12H16ClNS. The van der Waals surface area contributed by atoms with E-state index in [4.69, 9.17) is 17.3 Å². The van der Waals surface area contributed by atoms with Gasteiger partial charge in [-0.1, -0.05) is 17.7 Å². The van der Waals surface area contributed by atoms with Gasteiger partial charge in [0.15, 0.2) is 0 Å². The predicted molar refractivity (Wildman–Crippen MR) is 67.9 cm³/mol. The highest BCUT2D eigenvalue weighted by Crippen LogP contribution is 2.36. The van der Waals surface area contributed by atoms with E-state index in [1.54, 1.807) is 0 Å². The second-order valence-electron chi connectivity index (χ2n) is 3.91. The fraction of sp³-hybridized carbons (Fsp3) is 0.500. The number of rotatable bonds is 3. The Balaban J connectivity index is 2.24. The minimum absolute atomic E-state index is 0.753. The summed E-state index contributed by atoms with van der Waals surface area (Å²) < 4.78 is 0. The molecule has 82 valence electrons. The molecule has 0 fully saturated rings. The average molecular weight is 242 g/mol. The Morgan fingerprint density at radius 2 is 2.27 bits per heavy atom. The molecule has 0 saturated carbocycles. The lowest BCUT2D eigenvalue weighted by Crippen LogP contribution is -2.03. The Morgan fingerprint density at radius 3 is 3.07 bits per heavy atom. The summed E-state index contributed by atoms with van der Waals surface area (Å²) in [6.45, 7) is 0.753. The highest BCUT2D eigenvalue weighted by molar-refractivity contribution is 7.99. The minimum atomic E-state index is 0.753. The van der Waals surface area contributed by atoms with Crippen molar-refractivity contribution >= 4 is 23.4 Å². The summed E-state index contributed by atoms with van der Waals surface area (Å²) in [6, 6.07) is 4.41. The topological polar surface area (TPSA) is 26.0 Å². The molecule has 0 atom stereocenters. The van der Waals surface area contributed by atoms with E-state index in [0.29, 0.717) is 0 Å². The molecule has 3 heteroatoms. The number of thioether (sulfide) groups is 1. The van der Waals surface area contributed by atoms with Crippen LogP contribution in [0.25, 0.3) is 0 Å². The third-order valence-corrected chi connectivity index (χ3v) is 4.36. The van der Waals surface area contributed by atoms with Gasteiger partial charge in [0, 0.05) is 4.90 Å². The van der Waals surface area contributed by atoms with Crippen LogP contribution in [0.4, 0.5) is 0 Å². The molecule has 1 aromatic rings. The Labute approximate surface area is 100 Å². The molecule has 1 aromatic carbocycles. The van der Waals surface area contributed by atoms with Gasteiger partial charge < -0.3 is 5.73 Å². The maximum atomic E-state index is 6.27. The quantitative estimate of drug-likeness (QED) is 0.879. The molecule has 1 nitrogen and oxygen atoms in total. The summed E-state index contributed by atoms with van der Waals surface area (Å²) in [4.78, 5) is 1.31. The number of nitrogens with two attached hydrogens (primary N) is 1. The summed E-state index contributed by atoms with van der Waals surface area (Å²) in [7, 11) is 0. The molecule has 0 amide bonds. The van der Waals surface area contributed by atoms with Gasteiger partial charge in [0.2, 0.25) is 0 Å². The third-order valence-electron chi connectivity index (χ3n) is 2.69. The molecule has 0 spiro atoms. The van der Waals surface area contributed by atoms with Crippen molar-refractivity contribution in [1.82, 2.24) is 0 Å². The van der Waals surface area contributed by atoms with Gasteiger partial charge in [-0.25, -0.2) is 0 Å². The molecule has 2 rings (SSSR count). The van der Waals surface area contributed by atoms with Gasteiger partial charge in [0.05, 0.1) is 5.02 Å².